The summed E-state index contributed by atoms with van der Waals surface area (Å²) < 4.78 is 4.62. The monoisotopic (exact) mass is 496 g/mol. The van der Waals surface area contributed by atoms with Crippen LogP contribution in [0.2, 0.25) is 0 Å². The third kappa shape index (κ3) is 8.87. The summed E-state index contributed by atoms with van der Waals surface area (Å²) in [5, 5.41) is 4.66. The van der Waals surface area contributed by atoms with Crippen molar-refractivity contribution in [1.82, 2.24) is 10.6 Å². The molecular weight excluding hydrogens is 464 g/mol. The first kappa shape index (κ1) is 26.5. The predicted octanol–water partition coefficient (Wildman–Crippen LogP) is 4.42. The van der Waals surface area contributed by atoms with E-state index in [1.807, 2.05) is 30.3 Å². The highest BCUT2D eigenvalue weighted by Crippen LogP contribution is 2.25. The smallest absolute Gasteiger partial charge is 0.305 e. The van der Waals surface area contributed by atoms with E-state index in [1.165, 1.54) is 7.11 Å². The molecule has 0 radical (unpaired) electrons. The van der Waals surface area contributed by atoms with Crippen LogP contribution in [-0.4, -0.2) is 41.9 Å². The molecule has 7 nitrogen and oxygen atoms in total. The Morgan fingerprint density at radius 3 is 2.37 bits per heavy atom. The van der Waals surface area contributed by atoms with E-state index in [9.17, 15) is 19.2 Å². The maximum absolute atomic E-state index is 12.1. The van der Waals surface area contributed by atoms with Gasteiger partial charge in [-0.3, -0.25) is 24.5 Å². The summed E-state index contributed by atoms with van der Waals surface area (Å²) in [5.74, 6) is -0.350. The summed E-state index contributed by atoms with van der Waals surface area (Å²) in [6, 6.07) is 16.3. The third-order valence-corrected chi connectivity index (χ3v) is 6.88. The minimum absolute atomic E-state index is 0.0560. The summed E-state index contributed by atoms with van der Waals surface area (Å²) in [6.07, 6.45) is 5.67. The average molecular weight is 497 g/mol. The number of rotatable bonds is 13. The van der Waals surface area contributed by atoms with Crippen molar-refractivity contribution in [2.24, 2.45) is 0 Å². The Labute approximate surface area is 210 Å². The van der Waals surface area contributed by atoms with Gasteiger partial charge in [0.2, 0.25) is 11.8 Å². The zero-order chi connectivity index (χ0) is 25.0. The van der Waals surface area contributed by atoms with Crippen LogP contribution in [0.4, 0.5) is 4.79 Å². The molecule has 0 bridgehead atoms. The molecule has 2 N–H and O–H groups in total. The van der Waals surface area contributed by atoms with Crippen LogP contribution in [0.15, 0.2) is 48.5 Å². The van der Waals surface area contributed by atoms with E-state index in [1.54, 1.807) is 0 Å². The Hall–Kier alpha value is -3.13. The van der Waals surface area contributed by atoms with Crippen molar-refractivity contribution < 1.29 is 23.9 Å². The molecule has 1 unspecified atom stereocenters. The van der Waals surface area contributed by atoms with E-state index in [0.29, 0.717) is 25.8 Å². The van der Waals surface area contributed by atoms with Crippen LogP contribution in [0, 0.1) is 0 Å². The van der Waals surface area contributed by atoms with Crippen LogP contribution < -0.4 is 10.6 Å². The fraction of sp³-hybridized carbons (Fsp3) is 0.407. The zero-order valence-corrected chi connectivity index (χ0v) is 20.8. The molecule has 2 aromatic carbocycles. The van der Waals surface area contributed by atoms with Crippen LogP contribution in [0.25, 0.3) is 11.1 Å². The van der Waals surface area contributed by atoms with E-state index < -0.39 is 0 Å². The maximum Gasteiger partial charge on any atom is 0.305 e. The fourth-order valence-corrected chi connectivity index (χ4v) is 4.79. The van der Waals surface area contributed by atoms with Gasteiger partial charge in [0, 0.05) is 19.4 Å². The van der Waals surface area contributed by atoms with Gasteiger partial charge in [0.05, 0.1) is 12.4 Å². The van der Waals surface area contributed by atoms with Gasteiger partial charge in [0.1, 0.15) is 0 Å². The molecule has 1 atom stereocenters. The molecule has 186 valence electrons. The van der Waals surface area contributed by atoms with Gasteiger partial charge in [-0.1, -0.05) is 73.1 Å². The highest BCUT2D eigenvalue weighted by Gasteiger charge is 2.31. The number of ether oxygens (including phenoxy) is 1. The van der Waals surface area contributed by atoms with E-state index in [4.69, 9.17) is 0 Å². The highest BCUT2D eigenvalue weighted by atomic mass is 32.2. The van der Waals surface area contributed by atoms with Crippen molar-refractivity contribution >= 4 is 34.8 Å². The number of carbonyl (C=O) groups excluding carboxylic acids is 4. The van der Waals surface area contributed by atoms with Crippen LogP contribution in [0.3, 0.4) is 0 Å². The second kappa shape index (κ2) is 13.7. The molecule has 35 heavy (non-hydrogen) atoms. The van der Waals surface area contributed by atoms with Gasteiger partial charge in [-0.15, -0.1) is 0 Å². The second-order valence-corrected chi connectivity index (χ2v) is 9.75. The van der Waals surface area contributed by atoms with Gasteiger partial charge in [0.15, 0.2) is 0 Å². The lowest BCUT2D eigenvalue weighted by atomic mass is 9.99. The molecule has 1 fully saturated rings. The standard InChI is InChI=1S/C27H32N2O5S/c1-34-25(31)10-5-3-2-4-9-24(30)28-16-15-19-7-6-8-22(17-19)21-13-11-20(12-14-21)18-23-26(32)29-27(33)35-23/h6-8,11-14,17,23H,2-5,9-10,15-16,18H2,1H3,(H,28,30)(H,29,32,33). The van der Waals surface area contributed by atoms with E-state index in [-0.39, 0.29) is 28.3 Å². The van der Waals surface area contributed by atoms with Crippen molar-refractivity contribution in [2.45, 2.75) is 56.6 Å². The molecule has 1 saturated heterocycles. The fourth-order valence-electron chi connectivity index (χ4n) is 3.93. The first-order valence-corrected chi connectivity index (χ1v) is 12.9. The molecule has 0 aromatic heterocycles. The number of esters is 1. The predicted molar refractivity (Wildman–Crippen MR) is 137 cm³/mol. The zero-order valence-electron chi connectivity index (χ0n) is 20.0. The molecule has 3 rings (SSSR count). The normalized spacial score (nSPS) is 15.1. The Bertz CT molecular complexity index is 1040. The average Bonchev–Trinajstić information content (AvgIpc) is 3.17. The maximum atomic E-state index is 12.1. The van der Waals surface area contributed by atoms with Gasteiger partial charge < -0.3 is 10.1 Å². The molecule has 0 aliphatic carbocycles. The number of methoxy groups -OCH3 is 1. The summed E-state index contributed by atoms with van der Waals surface area (Å²) in [7, 11) is 1.39. The summed E-state index contributed by atoms with van der Waals surface area (Å²) in [6.45, 7) is 0.587. The van der Waals surface area contributed by atoms with Crippen LogP contribution in [0.1, 0.15) is 49.7 Å². The number of nitrogens with one attached hydrogen (secondary N) is 2. The van der Waals surface area contributed by atoms with E-state index in [2.05, 4.69) is 33.6 Å². The lowest BCUT2D eigenvalue weighted by Crippen LogP contribution is -2.25. The first-order chi connectivity index (χ1) is 16.9. The Morgan fingerprint density at radius 2 is 1.69 bits per heavy atom. The Morgan fingerprint density at radius 1 is 0.943 bits per heavy atom. The SMILES string of the molecule is COC(=O)CCCCCCC(=O)NCCc1cccc(-c2ccc(CC3SC(=O)NC3=O)cc2)c1. The van der Waals surface area contributed by atoms with Gasteiger partial charge in [-0.25, -0.2) is 0 Å². The van der Waals surface area contributed by atoms with Gasteiger partial charge in [-0.05, 0) is 47.9 Å². The highest BCUT2D eigenvalue weighted by molar-refractivity contribution is 8.15. The minimum atomic E-state index is -0.363. The Balaban J connectivity index is 1.39. The topological polar surface area (TPSA) is 102 Å². The molecule has 8 heteroatoms. The summed E-state index contributed by atoms with van der Waals surface area (Å²) >= 11 is 1.04. The number of imide groups is 1. The van der Waals surface area contributed by atoms with E-state index >= 15 is 0 Å². The molecule has 0 saturated carbocycles. The lowest BCUT2D eigenvalue weighted by molar-refractivity contribution is -0.140. The largest absolute Gasteiger partial charge is 0.469 e. The minimum Gasteiger partial charge on any atom is -0.469 e. The van der Waals surface area contributed by atoms with Crippen LogP contribution >= 0.6 is 11.8 Å². The molecule has 3 amide bonds. The van der Waals surface area contributed by atoms with Crippen molar-refractivity contribution in [2.75, 3.05) is 13.7 Å². The quantitative estimate of drug-likeness (QED) is 0.314. The lowest BCUT2D eigenvalue weighted by Gasteiger charge is -2.09. The number of amides is 3. The number of thioether (sulfide) groups is 1. The third-order valence-electron chi connectivity index (χ3n) is 5.90. The summed E-state index contributed by atoms with van der Waals surface area (Å²) in [5.41, 5.74) is 4.33. The second-order valence-electron chi connectivity index (χ2n) is 8.57. The van der Waals surface area contributed by atoms with Gasteiger partial charge in [-0.2, -0.15) is 0 Å². The summed E-state index contributed by atoms with van der Waals surface area (Å²) in [4.78, 5) is 46.3. The Kier molecular flexibility index (Phi) is 10.3. The van der Waals surface area contributed by atoms with Crippen molar-refractivity contribution in [3.8, 4) is 11.1 Å². The van der Waals surface area contributed by atoms with Crippen LogP contribution in [-0.2, 0) is 32.0 Å². The molecule has 1 aliphatic heterocycles. The van der Waals surface area contributed by atoms with Crippen molar-refractivity contribution in [3.63, 3.8) is 0 Å². The van der Waals surface area contributed by atoms with E-state index in [0.717, 1.165) is 66.1 Å². The molecular formula is C27H32N2O5S. The molecule has 0 spiro atoms. The number of unbranched alkanes of at least 4 members (excludes halogenated alkanes) is 3. The van der Waals surface area contributed by atoms with Gasteiger partial charge in [0.25, 0.3) is 5.24 Å². The van der Waals surface area contributed by atoms with Crippen molar-refractivity contribution in [1.29, 1.82) is 0 Å². The van der Waals surface area contributed by atoms with Gasteiger partial charge >= 0.3 is 5.97 Å². The van der Waals surface area contributed by atoms with Crippen molar-refractivity contribution in [3.05, 3.63) is 59.7 Å². The number of hydrogen-bond acceptors (Lipinski definition) is 6. The number of benzene rings is 2. The molecule has 1 heterocycles. The first-order valence-electron chi connectivity index (χ1n) is 12.0. The molecule has 1 aliphatic rings. The van der Waals surface area contributed by atoms with Crippen LogP contribution in [0.5, 0.6) is 0 Å². The number of carbonyl (C=O) groups is 4. The number of hydrogen-bond donors (Lipinski definition) is 2. The molecule has 2 aromatic rings.